The van der Waals surface area contributed by atoms with Gasteiger partial charge < -0.3 is 9.84 Å². The molecule has 18 heavy (non-hydrogen) atoms. The lowest BCUT2D eigenvalue weighted by molar-refractivity contribution is 0.392. The van der Waals surface area contributed by atoms with Crippen molar-refractivity contribution in [3.05, 3.63) is 50.8 Å². The van der Waals surface area contributed by atoms with E-state index in [2.05, 4.69) is 51.5 Å². The number of nitrogens with zero attached hydrogens (tertiary/aromatic N) is 1. The molecule has 0 saturated heterocycles. The monoisotopic (exact) mass is 308 g/mol. The average molecular weight is 309 g/mol. The van der Waals surface area contributed by atoms with E-state index in [1.54, 1.807) is 0 Å². The number of rotatable bonds is 4. The molecule has 2 rings (SSSR count). The Labute approximate surface area is 116 Å². The molecule has 4 heteroatoms. The predicted octanol–water partition coefficient (Wildman–Crippen LogP) is 3.65. The molecule has 2 aromatic rings. The summed E-state index contributed by atoms with van der Waals surface area (Å²) >= 11 is 3.51. The molecule has 1 heterocycles. The first-order valence-corrected chi connectivity index (χ1v) is 6.74. The minimum atomic E-state index is 0.788. The third-order valence-corrected chi connectivity index (χ3v) is 3.92. The Kier molecular flexibility index (Phi) is 4.19. The maximum absolute atomic E-state index is 5.14. The summed E-state index contributed by atoms with van der Waals surface area (Å²) in [6.07, 6.45) is 0. The molecule has 0 aliphatic heterocycles. The Morgan fingerprint density at radius 3 is 2.61 bits per heavy atom. The fourth-order valence-corrected chi connectivity index (χ4v) is 2.15. The summed E-state index contributed by atoms with van der Waals surface area (Å²) in [5.74, 6) is 0.895. The van der Waals surface area contributed by atoms with Gasteiger partial charge in [0, 0.05) is 23.1 Å². The summed E-state index contributed by atoms with van der Waals surface area (Å²) in [6.45, 7) is 7.65. The Bertz CT molecular complexity index is 529. The molecule has 0 fully saturated rings. The van der Waals surface area contributed by atoms with Crippen LogP contribution >= 0.6 is 15.9 Å². The third kappa shape index (κ3) is 3.00. The molecule has 3 nitrogen and oxygen atoms in total. The Hall–Kier alpha value is -1.13. The van der Waals surface area contributed by atoms with Crippen LogP contribution in [0.3, 0.4) is 0 Å². The van der Waals surface area contributed by atoms with Gasteiger partial charge in [0.15, 0.2) is 0 Å². The first-order valence-electron chi connectivity index (χ1n) is 5.95. The van der Waals surface area contributed by atoms with E-state index >= 15 is 0 Å². The standard InChI is InChI=1S/C14H17BrN2O/c1-9-6-12(4-5-14(9)15)7-16-8-13-10(2)17-18-11(13)3/h4-6,16H,7-8H2,1-3H3. The second-order valence-corrected chi connectivity index (χ2v) is 5.34. The van der Waals surface area contributed by atoms with Gasteiger partial charge >= 0.3 is 0 Å². The number of hydrogen-bond acceptors (Lipinski definition) is 3. The van der Waals surface area contributed by atoms with Gasteiger partial charge in [0.05, 0.1) is 5.69 Å². The van der Waals surface area contributed by atoms with Crippen LogP contribution in [0.1, 0.15) is 28.1 Å². The number of aryl methyl sites for hydroxylation is 3. The molecule has 0 aliphatic rings. The Balaban J connectivity index is 1.94. The number of nitrogens with one attached hydrogen (secondary N) is 1. The van der Waals surface area contributed by atoms with Crippen LogP contribution in [0.25, 0.3) is 0 Å². The molecule has 1 aromatic carbocycles. The van der Waals surface area contributed by atoms with Crippen molar-refractivity contribution in [1.29, 1.82) is 0 Å². The van der Waals surface area contributed by atoms with Crippen molar-refractivity contribution in [1.82, 2.24) is 10.5 Å². The van der Waals surface area contributed by atoms with Crippen LogP contribution in [0.5, 0.6) is 0 Å². The van der Waals surface area contributed by atoms with Gasteiger partial charge in [-0.1, -0.05) is 33.2 Å². The summed E-state index contributed by atoms with van der Waals surface area (Å²) in [6, 6.07) is 6.39. The van der Waals surface area contributed by atoms with Crippen LogP contribution in [0.15, 0.2) is 27.2 Å². The lowest BCUT2D eigenvalue weighted by Gasteiger charge is -2.06. The minimum absolute atomic E-state index is 0.788. The molecule has 96 valence electrons. The Morgan fingerprint density at radius 1 is 1.22 bits per heavy atom. The first-order chi connectivity index (χ1) is 8.58. The van der Waals surface area contributed by atoms with Gasteiger partial charge in [-0.05, 0) is 38.0 Å². The molecule has 0 radical (unpaired) electrons. The number of aromatic nitrogens is 1. The minimum Gasteiger partial charge on any atom is -0.361 e. The molecule has 0 spiro atoms. The van der Waals surface area contributed by atoms with E-state index in [0.717, 1.165) is 34.6 Å². The van der Waals surface area contributed by atoms with Crippen LogP contribution in [0, 0.1) is 20.8 Å². The summed E-state index contributed by atoms with van der Waals surface area (Å²) in [4.78, 5) is 0. The zero-order chi connectivity index (χ0) is 13.1. The van der Waals surface area contributed by atoms with E-state index in [4.69, 9.17) is 4.52 Å². The normalized spacial score (nSPS) is 10.9. The van der Waals surface area contributed by atoms with Crippen molar-refractivity contribution in [2.24, 2.45) is 0 Å². The molecular formula is C14H17BrN2O. The van der Waals surface area contributed by atoms with E-state index in [0.29, 0.717) is 0 Å². The highest BCUT2D eigenvalue weighted by Crippen LogP contribution is 2.17. The molecule has 1 aromatic heterocycles. The SMILES string of the molecule is Cc1cc(CNCc2c(C)noc2C)ccc1Br. The van der Waals surface area contributed by atoms with Crippen molar-refractivity contribution in [2.45, 2.75) is 33.9 Å². The highest BCUT2D eigenvalue weighted by atomic mass is 79.9. The van der Waals surface area contributed by atoms with Gasteiger partial charge in [-0.3, -0.25) is 0 Å². The largest absolute Gasteiger partial charge is 0.361 e. The highest BCUT2D eigenvalue weighted by molar-refractivity contribution is 9.10. The van der Waals surface area contributed by atoms with Crippen molar-refractivity contribution < 1.29 is 4.52 Å². The van der Waals surface area contributed by atoms with Crippen molar-refractivity contribution >= 4 is 15.9 Å². The fraction of sp³-hybridized carbons (Fsp3) is 0.357. The fourth-order valence-electron chi connectivity index (χ4n) is 1.90. The molecule has 0 saturated carbocycles. The van der Waals surface area contributed by atoms with E-state index in [1.807, 2.05) is 13.8 Å². The van der Waals surface area contributed by atoms with E-state index < -0.39 is 0 Å². The molecule has 0 amide bonds. The van der Waals surface area contributed by atoms with Crippen LogP contribution < -0.4 is 5.32 Å². The summed E-state index contributed by atoms with van der Waals surface area (Å²) in [5, 5.41) is 7.36. The first kappa shape index (κ1) is 13.3. The van der Waals surface area contributed by atoms with Crippen molar-refractivity contribution in [3.8, 4) is 0 Å². The van der Waals surface area contributed by atoms with E-state index in [1.165, 1.54) is 11.1 Å². The number of benzene rings is 1. The lowest BCUT2D eigenvalue weighted by Crippen LogP contribution is -2.13. The topological polar surface area (TPSA) is 38.1 Å². The summed E-state index contributed by atoms with van der Waals surface area (Å²) < 4.78 is 6.29. The van der Waals surface area contributed by atoms with Crippen LogP contribution in [-0.2, 0) is 13.1 Å². The van der Waals surface area contributed by atoms with Gasteiger partial charge in [0.1, 0.15) is 5.76 Å². The second kappa shape index (κ2) is 5.67. The number of hydrogen-bond donors (Lipinski definition) is 1. The second-order valence-electron chi connectivity index (χ2n) is 4.49. The molecular weight excluding hydrogens is 292 g/mol. The molecule has 0 bridgehead atoms. The van der Waals surface area contributed by atoms with Gasteiger partial charge in [-0.15, -0.1) is 0 Å². The molecule has 1 N–H and O–H groups in total. The summed E-state index contributed by atoms with van der Waals surface area (Å²) in [7, 11) is 0. The number of halogens is 1. The summed E-state index contributed by atoms with van der Waals surface area (Å²) in [5.41, 5.74) is 4.66. The third-order valence-electron chi connectivity index (χ3n) is 3.03. The van der Waals surface area contributed by atoms with Gasteiger partial charge in [0.2, 0.25) is 0 Å². The van der Waals surface area contributed by atoms with Gasteiger partial charge in [0.25, 0.3) is 0 Å². The molecule has 0 aliphatic carbocycles. The Morgan fingerprint density at radius 2 is 2.00 bits per heavy atom. The quantitative estimate of drug-likeness (QED) is 0.937. The smallest absolute Gasteiger partial charge is 0.138 e. The zero-order valence-corrected chi connectivity index (χ0v) is 12.5. The predicted molar refractivity (Wildman–Crippen MR) is 75.4 cm³/mol. The van der Waals surface area contributed by atoms with E-state index in [9.17, 15) is 0 Å². The van der Waals surface area contributed by atoms with Crippen LogP contribution in [-0.4, -0.2) is 5.16 Å². The van der Waals surface area contributed by atoms with E-state index in [-0.39, 0.29) is 0 Å². The molecule has 0 atom stereocenters. The van der Waals surface area contributed by atoms with Crippen molar-refractivity contribution in [3.63, 3.8) is 0 Å². The maximum Gasteiger partial charge on any atom is 0.138 e. The van der Waals surface area contributed by atoms with Gasteiger partial charge in [-0.2, -0.15) is 0 Å². The highest BCUT2D eigenvalue weighted by Gasteiger charge is 2.07. The molecule has 0 unspecified atom stereocenters. The maximum atomic E-state index is 5.14. The lowest BCUT2D eigenvalue weighted by atomic mass is 10.1. The van der Waals surface area contributed by atoms with Gasteiger partial charge in [-0.25, -0.2) is 0 Å². The average Bonchev–Trinajstić information content (AvgIpc) is 2.65. The van der Waals surface area contributed by atoms with Crippen LogP contribution in [0.2, 0.25) is 0 Å². The van der Waals surface area contributed by atoms with Crippen molar-refractivity contribution in [2.75, 3.05) is 0 Å². The van der Waals surface area contributed by atoms with Crippen LogP contribution in [0.4, 0.5) is 0 Å². The zero-order valence-electron chi connectivity index (χ0n) is 10.9.